The Hall–Kier alpha value is 0.270. The van der Waals surface area contributed by atoms with Crippen molar-refractivity contribution in [3.05, 3.63) is 28.2 Å². The number of ether oxygens (including phenoxy) is 1. The van der Waals surface area contributed by atoms with Crippen molar-refractivity contribution >= 4 is 58.7 Å². The summed E-state index contributed by atoms with van der Waals surface area (Å²) >= 11 is 11.3. The van der Waals surface area contributed by atoms with Crippen LogP contribution in [0.2, 0.25) is 10.0 Å². The molecule has 0 aliphatic heterocycles. The number of carbonyl (C=O) groups excluding carboxylic acids is 1. The number of halogens is 2. The molecule has 0 fully saturated rings. The van der Waals surface area contributed by atoms with Crippen LogP contribution >= 0.6 is 23.2 Å². The number of rotatable bonds is 1. The zero-order valence-corrected chi connectivity index (χ0v) is 7.82. The molecule has 0 aromatic heterocycles. The molecular formula is C8H7Cl2NaO2. The first-order valence-electron chi connectivity index (χ1n) is 3.23. The summed E-state index contributed by atoms with van der Waals surface area (Å²) in [6.07, 6.45) is 0. The summed E-state index contributed by atoms with van der Waals surface area (Å²) in [6, 6.07) is 4.67. The molecule has 13 heavy (non-hydrogen) atoms. The van der Waals surface area contributed by atoms with Gasteiger partial charge in [-0.05, 0) is 18.2 Å². The van der Waals surface area contributed by atoms with Crippen LogP contribution in [0.3, 0.4) is 0 Å². The van der Waals surface area contributed by atoms with Gasteiger partial charge in [-0.2, -0.15) is 0 Å². The van der Waals surface area contributed by atoms with Crippen molar-refractivity contribution in [3.8, 4) is 5.75 Å². The van der Waals surface area contributed by atoms with E-state index in [0.717, 1.165) is 0 Å². The predicted molar refractivity (Wildman–Crippen MR) is 54.9 cm³/mol. The summed E-state index contributed by atoms with van der Waals surface area (Å²) in [5.74, 6) is -0.0761. The first kappa shape index (κ1) is 13.3. The molecule has 0 bridgehead atoms. The summed E-state index contributed by atoms with van der Waals surface area (Å²) in [6.45, 7) is 1.31. The fraction of sp³-hybridized carbons (Fsp3) is 0.125. The number of benzene rings is 1. The van der Waals surface area contributed by atoms with E-state index in [1.807, 2.05) is 0 Å². The van der Waals surface area contributed by atoms with Crippen molar-refractivity contribution in [3.63, 3.8) is 0 Å². The molecule has 5 heteroatoms. The Morgan fingerprint density at radius 1 is 1.38 bits per heavy atom. The minimum absolute atomic E-state index is 0. The van der Waals surface area contributed by atoms with Crippen molar-refractivity contribution < 1.29 is 9.53 Å². The van der Waals surface area contributed by atoms with E-state index >= 15 is 0 Å². The van der Waals surface area contributed by atoms with Gasteiger partial charge in [0.1, 0.15) is 5.75 Å². The van der Waals surface area contributed by atoms with Gasteiger partial charge in [0, 0.05) is 11.9 Å². The third-order valence-corrected chi connectivity index (χ3v) is 1.68. The fourth-order valence-electron chi connectivity index (χ4n) is 0.713. The van der Waals surface area contributed by atoms with Gasteiger partial charge in [0.25, 0.3) is 0 Å². The van der Waals surface area contributed by atoms with E-state index in [4.69, 9.17) is 27.9 Å². The number of esters is 1. The third-order valence-electron chi connectivity index (χ3n) is 1.15. The van der Waals surface area contributed by atoms with Crippen LogP contribution in [0.25, 0.3) is 0 Å². The zero-order valence-electron chi connectivity index (χ0n) is 6.30. The summed E-state index contributed by atoms with van der Waals surface area (Å²) in [4.78, 5) is 10.5. The number of hydrogen-bond donors (Lipinski definition) is 0. The van der Waals surface area contributed by atoms with Crippen LogP contribution in [0.4, 0.5) is 0 Å². The van der Waals surface area contributed by atoms with Gasteiger partial charge in [-0.15, -0.1) is 0 Å². The van der Waals surface area contributed by atoms with E-state index in [9.17, 15) is 4.79 Å². The van der Waals surface area contributed by atoms with Crippen molar-refractivity contribution in [2.24, 2.45) is 0 Å². The Labute approximate surface area is 108 Å². The molecule has 2 nitrogen and oxygen atoms in total. The van der Waals surface area contributed by atoms with Gasteiger partial charge < -0.3 is 4.74 Å². The Morgan fingerprint density at radius 2 is 2.00 bits per heavy atom. The van der Waals surface area contributed by atoms with Crippen LogP contribution in [-0.2, 0) is 4.79 Å². The second-order valence-corrected chi connectivity index (χ2v) is 3.01. The van der Waals surface area contributed by atoms with Gasteiger partial charge in [-0.25, -0.2) is 0 Å². The molecule has 0 heterocycles. The second kappa shape index (κ2) is 5.89. The molecule has 0 spiro atoms. The van der Waals surface area contributed by atoms with Crippen LogP contribution in [0, 0.1) is 0 Å². The maximum absolute atomic E-state index is 10.5. The third kappa shape index (κ3) is 4.34. The molecular weight excluding hydrogens is 222 g/mol. The van der Waals surface area contributed by atoms with Gasteiger partial charge in [0.2, 0.25) is 0 Å². The Balaban J connectivity index is 0.00000144. The SMILES string of the molecule is CC(=O)Oc1ccc(Cl)cc1Cl.[NaH]. The number of hydrogen-bond acceptors (Lipinski definition) is 2. The van der Waals surface area contributed by atoms with Crippen molar-refractivity contribution in [1.29, 1.82) is 0 Å². The zero-order chi connectivity index (χ0) is 9.14. The molecule has 0 atom stereocenters. The molecule has 0 unspecified atom stereocenters. The Kier molecular flexibility index (Phi) is 6.01. The summed E-state index contributed by atoms with van der Waals surface area (Å²) in [5.41, 5.74) is 0. The Morgan fingerprint density at radius 3 is 2.46 bits per heavy atom. The second-order valence-electron chi connectivity index (χ2n) is 2.17. The van der Waals surface area contributed by atoms with Crippen molar-refractivity contribution in [1.82, 2.24) is 0 Å². The van der Waals surface area contributed by atoms with E-state index in [1.165, 1.54) is 13.0 Å². The van der Waals surface area contributed by atoms with Crippen molar-refractivity contribution in [2.75, 3.05) is 0 Å². The van der Waals surface area contributed by atoms with E-state index in [2.05, 4.69) is 0 Å². The maximum atomic E-state index is 10.5. The van der Waals surface area contributed by atoms with Gasteiger partial charge >= 0.3 is 35.5 Å². The summed E-state index contributed by atoms with van der Waals surface area (Å²) < 4.78 is 4.77. The van der Waals surface area contributed by atoms with Crippen LogP contribution in [-0.4, -0.2) is 35.5 Å². The normalized spacial score (nSPS) is 8.85. The molecule has 0 aliphatic rings. The van der Waals surface area contributed by atoms with Gasteiger partial charge in [-0.1, -0.05) is 23.2 Å². The van der Waals surface area contributed by atoms with Gasteiger partial charge in [-0.3, -0.25) is 4.79 Å². The predicted octanol–water partition coefficient (Wildman–Crippen LogP) is 2.27. The first-order chi connectivity index (χ1) is 5.59. The number of carbonyl (C=O) groups is 1. The van der Waals surface area contributed by atoms with E-state index in [1.54, 1.807) is 12.1 Å². The van der Waals surface area contributed by atoms with E-state index < -0.39 is 5.97 Å². The fourth-order valence-corrected chi connectivity index (χ4v) is 1.16. The average molecular weight is 229 g/mol. The van der Waals surface area contributed by atoms with Crippen LogP contribution in [0.5, 0.6) is 5.75 Å². The van der Waals surface area contributed by atoms with Gasteiger partial charge in [0.15, 0.2) is 0 Å². The molecule has 0 radical (unpaired) electrons. The molecule has 0 saturated heterocycles. The average Bonchev–Trinajstić information content (AvgIpc) is 1.94. The Bertz CT molecular complexity index is 315. The van der Waals surface area contributed by atoms with E-state index in [-0.39, 0.29) is 29.6 Å². The standard InChI is InChI=1S/C8H6Cl2O2.Na.H/c1-5(11)12-8-3-2-6(9)4-7(8)10;;/h2-4H,1H3;;. The quantitative estimate of drug-likeness (QED) is 0.419. The molecule has 1 aromatic carbocycles. The molecule has 0 amide bonds. The topological polar surface area (TPSA) is 26.3 Å². The van der Waals surface area contributed by atoms with Gasteiger partial charge in [0.05, 0.1) is 5.02 Å². The molecule has 0 aliphatic carbocycles. The molecule has 0 N–H and O–H groups in total. The minimum atomic E-state index is -0.403. The summed E-state index contributed by atoms with van der Waals surface area (Å²) in [5, 5.41) is 0.841. The monoisotopic (exact) mass is 228 g/mol. The van der Waals surface area contributed by atoms with Crippen molar-refractivity contribution in [2.45, 2.75) is 6.92 Å². The summed E-state index contributed by atoms with van der Waals surface area (Å²) in [7, 11) is 0. The van der Waals surface area contributed by atoms with Crippen LogP contribution in [0.15, 0.2) is 18.2 Å². The van der Waals surface area contributed by atoms with Crippen LogP contribution in [0.1, 0.15) is 6.92 Å². The van der Waals surface area contributed by atoms with Crippen LogP contribution < -0.4 is 4.74 Å². The molecule has 0 saturated carbocycles. The first-order valence-corrected chi connectivity index (χ1v) is 3.98. The van der Waals surface area contributed by atoms with E-state index in [0.29, 0.717) is 15.8 Å². The molecule has 1 rings (SSSR count). The molecule has 1 aromatic rings. The molecule has 66 valence electrons.